The smallest absolute Gasteiger partial charge is 0.340 e. The van der Waals surface area contributed by atoms with Crippen molar-refractivity contribution in [3.05, 3.63) is 49.3 Å². The van der Waals surface area contributed by atoms with Crippen molar-refractivity contribution in [1.82, 2.24) is 9.97 Å². The summed E-state index contributed by atoms with van der Waals surface area (Å²) in [6.45, 7) is 0. The maximum absolute atomic E-state index is 11.0. The van der Waals surface area contributed by atoms with E-state index in [-0.39, 0.29) is 11.5 Å². The normalized spacial score (nSPS) is 9.95. The molecule has 0 aromatic carbocycles. The van der Waals surface area contributed by atoms with Crippen LogP contribution in [0.15, 0.2) is 32.5 Å². The molecule has 110 valence electrons. The first kappa shape index (κ1) is 15.0. The number of carbonyl (C=O) groups is 1. The Morgan fingerprint density at radius 2 is 1.90 bits per heavy atom. The fourth-order valence-corrected chi connectivity index (χ4v) is 2.90. The van der Waals surface area contributed by atoms with E-state index in [1.165, 1.54) is 29.8 Å². The Hall–Kier alpha value is -2.39. The Labute approximate surface area is 126 Å². The molecule has 0 saturated carbocycles. The quantitative estimate of drug-likeness (QED) is 0.584. The second-order valence-electron chi connectivity index (χ2n) is 3.76. The number of anilines is 1. The number of nitrogens with two attached hydrogens (primary N) is 1. The molecule has 0 fully saturated rings. The van der Waals surface area contributed by atoms with Crippen LogP contribution in [0.2, 0.25) is 0 Å². The molecule has 0 bridgehead atoms. The Kier molecular flexibility index (Phi) is 4.55. The predicted molar refractivity (Wildman–Crippen MR) is 83.1 cm³/mol. The summed E-state index contributed by atoms with van der Waals surface area (Å²) in [6.07, 6.45) is 0. The first-order chi connectivity index (χ1) is 10.0. The lowest BCUT2D eigenvalue weighted by Crippen LogP contribution is -2.20. The summed E-state index contributed by atoms with van der Waals surface area (Å²) >= 11 is 2.67. The fourth-order valence-electron chi connectivity index (χ4n) is 1.49. The molecule has 3 rings (SSSR count). The molecular formula is C12H11N3O4S2. The summed E-state index contributed by atoms with van der Waals surface area (Å²) in [7, 11) is 1.33. The van der Waals surface area contributed by atoms with Crippen molar-refractivity contribution >= 4 is 43.9 Å². The number of nitrogen functional groups attached to an aromatic ring is 1. The number of thiophene rings is 2. The van der Waals surface area contributed by atoms with Gasteiger partial charge in [0.05, 0.1) is 18.1 Å². The molecule has 3 aromatic rings. The number of aromatic amines is 2. The minimum Gasteiger partial charge on any atom is -0.465 e. The lowest BCUT2D eigenvalue weighted by atomic mass is 10.3. The van der Waals surface area contributed by atoms with Crippen LogP contribution in [-0.2, 0) is 4.74 Å². The lowest BCUT2D eigenvalue weighted by Gasteiger charge is -1.94. The summed E-state index contributed by atoms with van der Waals surface area (Å²) in [6, 6.07) is 3.32. The summed E-state index contributed by atoms with van der Waals surface area (Å²) in [5, 5.41) is 4.55. The van der Waals surface area contributed by atoms with E-state index in [1.807, 2.05) is 0 Å². The second-order valence-corrected chi connectivity index (χ2v) is 5.63. The van der Waals surface area contributed by atoms with E-state index in [2.05, 4.69) is 14.7 Å². The van der Waals surface area contributed by atoms with Gasteiger partial charge in [0.2, 0.25) is 0 Å². The Morgan fingerprint density at radius 1 is 1.19 bits per heavy atom. The number of hydrogen-bond donors (Lipinski definition) is 3. The number of fused-ring (bicyclic) bond motifs is 1. The first-order valence-electron chi connectivity index (χ1n) is 5.64. The fraction of sp³-hybridized carbons (Fsp3) is 0.0833. The van der Waals surface area contributed by atoms with Gasteiger partial charge in [0.15, 0.2) is 0 Å². The zero-order valence-electron chi connectivity index (χ0n) is 10.8. The molecule has 0 aliphatic rings. The minimum absolute atomic E-state index is 0.329. The van der Waals surface area contributed by atoms with Crippen LogP contribution in [0.4, 0.5) is 5.00 Å². The van der Waals surface area contributed by atoms with Crippen LogP contribution >= 0.6 is 22.7 Å². The van der Waals surface area contributed by atoms with Crippen LogP contribution in [0.1, 0.15) is 10.4 Å². The van der Waals surface area contributed by atoms with Crippen LogP contribution in [0.5, 0.6) is 0 Å². The van der Waals surface area contributed by atoms with Gasteiger partial charge in [-0.2, -0.15) is 0 Å². The number of H-pyrrole nitrogens is 2. The summed E-state index contributed by atoms with van der Waals surface area (Å²) in [4.78, 5) is 37.8. The van der Waals surface area contributed by atoms with Gasteiger partial charge in [-0.3, -0.25) is 14.8 Å². The third kappa shape index (κ3) is 3.38. The number of methoxy groups -OCH3 is 1. The highest BCUT2D eigenvalue weighted by Gasteiger charge is 2.09. The molecule has 0 spiro atoms. The number of aromatic nitrogens is 2. The molecule has 3 aromatic heterocycles. The van der Waals surface area contributed by atoms with E-state index in [9.17, 15) is 14.4 Å². The SMILES string of the molecule is COC(=O)c1ccsc1N.O=c1[nH]c(=O)c2ccsc2[nH]1. The van der Waals surface area contributed by atoms with Gasteiger partial charge in [0.1, 0.15) is 9.83 Å². The van der Waals surface area contributed by atoms with Gasteiger partial charge in [-0.15, -0.1) is 22.7 Å². The van der Waals surface area contributed by atoms with Gasteiger partial charge in [-0.05, 0) is 22.9 Å². The summed E-state index contributed by atoms with van der Waals surface area (Å²) in [5.74, 6) is -0.376. The molecule has 3 heterocycles. The average Bonchev–Trinajstić information content (AvgIpc) is 3.07. The van der Waals surface area contributed by atoms with Crippen molar-refractivity contribution in [3.8, 4) is 0 Å². The van der Waals surface area contributed by atoms with Crippen LogP contribution in [0.3, 0.4) is 0 Å². The molecule has 7 nitrogen and oxygen atoms in total. The molecule has 0 radical (unpaired) electrons. The summed E-state index contributed by atoms with van der Waals surface area (Å²) < 4.78 is 4.46. The van der Waals surface area contributed by atoms with Crippen molar-refractivity contribution < 1.29 is 9.53 Å². The number of hydrogen-bond acceptors (Lipinski definition) is 7. The Morgan fingerprint density at radius 3 is 2.52 bits per heavy atom. The van der Waals surface area contributed by atoms with Gasteiger partial charge >= 0.3 is 11.7 Å². The number of nitrogens with one attached hydrogen (secondary N) is 2. The van der Waals surface area contributed by atoms with Crippen LogP contribution in [0.25, 0.3) is 10.2 Å². The van der Waals surface area contributed by atoms with Crippen molar-refractivity contribution in [3.63, 3.8) is 0 Å². The van der Waals surface area contributed by atoms with Crippen molar-refractivity contribution in [2.45, 2.75) is 0 Å². The number of ether oxygens (including phenoxy) is 1. The average molecular weight is 325 g/mol. The molecular weight excluding hydrogens is 314 g/mol. The largest absolute Gasteiger partial charge is 0.465 e. The van der Waals surface area contributed by atoms with Gasteiger partial charge < -0.3 is 10.5 Å². The lowest BCUT2D eigenvalue weighted by molar-refractivity contribution is 0.0602. The van der Waals surface area contributed by atoms with E-state index in [0.717, 1.165) is 0 Å². The third-order valence-electron chi connectivity index (χ3n) is 2.46. The molecule has 0 saturated heterocycles. The number of rotatable bonds is 1. The highest BCUT2D eigenvalue weighted by molar-refractivity contribution is 7.16. The molecule has 0 amide bonds. The van der Waals surface area contributed by atoms with Gasteiger partial charge in [0, 0.05) is 0 Å². The molecule has 21 heavy (non-hydrogen) atoms. The molecule has 0 atom stereocenters. The van der Waals surface area contributed by atoms with Gasteiger partial charge in [0.25, 0.3) is 5.56 Å². The van der Waals surface area contributed by atoms with Crippen LogP contribution in [-0.4, -0.2) is 23.0 Å². The minimum atomic E-state index is -0.454. The standard InChI is InChI=1S/C6H4N2O2S.C6H7NO2S/c9-4-3-1-2-11-5(3)8-6(10)7-4;1-9-6(8)4-2-3-10-5(4)7/h1-2H,(H2,7,8,9,10);2-3H,7H2,1H3. The van der Waals surface area contributed by atoms with E-state index in [0.29, 0.717) is 20.8 Å². The molecule has 0 aliphatic carbocycles. The van der Waals surface area contributed by atoms with Crippen LogP contribution < -0.4 is 17.0 Å². The molecule has 0 unspecified atom stereocenters. The molecule has 4 N–H and O–H groups in total. The third-order valence-corrected chi connectivity index (χ3v) is 4.04. The Balaban J connectivity index is 0.000000155. The monoisotopic (exact) mass is 325 g/mol. The maximum Gasteiger partial charge on any atom is 0.340 e. The van der Waals surface area contributed by atoms with E-state index in [1.54, 1.807) is 22.9 Å². The highest BCUT2D eigenvalue weighted by Crippen LogP contribution is 2.19. The van der Waals surface area contributed by atoms with E-state index >= 15 is 0 Å². The number of esters is 1. The molecule has 9 heteroatoms. The van der Waals surface area contributed by atoms with E-state index in [4.69, 9.17) is 5.73 Å². The first-order valence-corrected chi connectivity index (χ1v) is 7.40. The van der Waals surface area contributed by atoms with E-state index < -0.39 is 5.69 Å². The zero-order chi connectivity index (χ0) is 15.4. The zero-order valence-corrected chi connectivity index (χ0v) is 12.5. The van der Waals surface area contributed by atoms with Gasteiger partial charge in [-0.1, -0.05) is 0 Å². The predicted octanol–water partition coefficient (Wildman–Crippen LogP) is 1.39. The van der Waals surface area contributed by atoms with Gasteiger partial charge in [-0.25, -0.2) is 9.59 Å². The van der Waals surface area contributed by atoms with Crippen molar-refractivity contribution in [2.75, 3.05) is 12.8 Å². The molecule has 0 aliphatic heterocycles. The maximum atomic E-state index is 11.0. The van der Waals surface area contributed by atoms with Crippen LogP contribution in [0, 0.1) is 0 Å². The summed E-state index contributed by atoms with van der Waals surface area (Å²) in [5.41, 5.74) is 5.10. The second kappa shape index (κ2) is 6.37. The highest BCUT2D eigenvalue weighted by atomic mass is 32.1. The number of carbonyl (C=O) groups excluding carboxylic acids is 1. The van der Waals surface area contributed by atoms with Crippen molar-refractivity contribution in [2.24, 2.45) is 0 Å². The van der Waals surface area contributed by atoms with Crippen molar-refractivity contribution in [1.29, 1.82) is 0 Å². The Bertz CT molecular complexity index is 874. The topological polar surface area (TPSA) is 118 Å².